The Labute approximate surface area is 170 Å². The van der Waals surface area contributed by atoms with Gasteiger partial charge in [-0.3, -0.25) is 9.48 Å². The molecular weight excluding hydrogens is 389 g/mol. The molecule has 0 aliphatic rings. The fourth-order valence-corrected chi connectivity index (χ4v) is 2.72. The van der Waals surface area contributed by atoms with Crippen molar-refractivity contribution in [1.82, 2.24) is 9.78 Å². The van der Waals surface area contributed by atoms with Crippen LogP contribution in [-0.2, 0) is 7.05 Å². The Balaban J connectivity index is 1.39. The fraction of sp³-hybridized carbons (Fsp3) is 0.0455. The minimum Gasteiger partial charge on any atom is -0.449 e. The van der Waals surface area contributed by atoms with Gasteiger partial charge in [-0.05, 0) is 60.7 Å². The first-order chi connectivity index (χ1) is 14.5. The van der Waals surface area contributed by atoms with E-state index in [9.17, 15) is 14.0 Å². The number of carbonyl (C=O) groups is 2. The minimum absolute atomic E-state index is 0.0169. The first kappa shape index (κ1) is 19.1. The third kappa shape index (κ3) is 4.27. The third-order valence-electron chi connectivity index (χ3n) is 4.23. The maximum absolute atomic E-state index is 13.0. The number of furan rings is 1. The van der Waals surface area contributed by atoms with Crippen LogP contribution in [0.4, 0.5) is 10.1 Å². The molecular formula is C22H16FN3O4. The first-order valence-electron chi connectivity index (χ1n) is 8.96. The van der Waals surface area contributed by atoms with E-state index >= 15 is 0 Å². The Morgan fingerprint density at radius 3 is 2.43 bits per heavy atom. The quantitative estimate of drug-likeness (QED) is 0.395. The second-order valence-corrected chi connectivity index (χ2v) is 6.44. The minimum atomic E-state index is -0.671. The number of halogens is 1. The van der Waals surface area contributed by atoms with Gasteiger partial charge in [-0.15, -0.1) is 0 Å². The van der Waals surface area contributed by atoms with Crippen LogP contribution < -0.4 is 10.1 Å². The molecule has 4 rings (SSSR count). The van der Waals surface area contributed by atoms with Crippen molar-refractivity contribution in [3.8, 4) is 17.1 Å². The number of rotatable bonds is 5. The monoisotopic (exact) mass is 405 g/mol. The average molecular weight is 405 g/mol. The van der Waals surface area contributed by atoms with E-state index < -0.39 is 5.97 Å². The molecule has 1 amide bonds. The summed E-state index contributed by atoms with van der Waals surface area (Å²) >= 11 is 0. The summed E-state index contributed by atoms with van der Waals surface area (Å²) in [5, 5.41) is 6.68. The van der Waals surface area contributed by atoms with E-state index in [-0.39, 0.29) is 17.5 Å². The SMILES string of the molecule is Cn1cc(C(=O)Nc2ccc(OC(=O)c3ccc(-c4ccc(F)cc4)o3)cc2)cn1. The van der Waals surface area contributed by atoms with E-state index in [0.717, 1.165) is 0 Å². The van der Waals surface area contributed by atoms with Crippen molar-refractivity contribution in [2.45, 2.75) is 0 Å². The van der Waals surface area contributed by atoms with Gasteiger partial charge in [0.05, 0.1) is 11.8 Å². The van der Waals surface area contributed by atoms with Crippen LogP contribution >= 0.6 is 0 Å². The number of anilines is 1. The molecule has 4 aromatic rings. The Bertz CT molecular complexity index is 1190. The Hall–Kier alpha value is -4.20. The molecule has 1 N–H and O–H groups in total. The zero-order valence-corrected chi connectivity index (χ0v) is 15.8. The third-order valence-corrected chi connectivity index (χ3v) is 4.23. The molecule has 0 bridgehead atoms. The molecule has 2 heterocycles. The molecule has 0 aliphatic carbocycles. The van der Waals surface area contributed by atoms with Crippen molar-refractivity contribution in [2.24, 2.45) is 7.05 Å². The second-order valence-electron chi connectivity index (χ2n) is 6.44. The lowest BCUT2D eigenvalue weighted by Crippen LogP contribution is -2.11. The Morgan fingerprint density at radius 1 is 1.03 bits per heavy atom. The summed E-state index contributed by atoms with van der Waals surface area (Å²) in [5.41, 5.74) is 1.62. The van der Waals surface area contributed by atoms with Crippen molar-refractivity contribution in [1.29, 1.82) is 0 Å². The highest BCUT2D eigenvalue weighted by Crippen LogP contribution is 2.24. The lowest BCUT2D eigenvalue weighted by Gasteiger charge is -2.06. The van der Waals surface area contributed by atoms with E-state index in [1.807, 2.05) is 0 Å². The number of esters is 1. The van der Waals surface area contributed by atoms with Crippen molar-refractivity contribution in [3.05, 3.63) is 90.2 Å². The highest BCUT2D eigenvalue weighted by atomic mass is 19.1. The lowest BCUT2D eigenvalue weighted by atomic mass is 10.2. The van der Waals surface area contributed by atoms with E-state index in [2.05, 4.69) is 10.4 Å². The largest absolute Gasteiger partial charge is 0.449 e. The summed E-state index contributed by atoms with van der Waals surface area (Å²) < 4.78 is 25.4. The summed E-state index contributed by atoms with van der Waals surface area (Å²) in [4.78, 5) is 24.4. The van der Waals surface area contributed by atoms with Crippen LogP contribution in [0.1, 0.15) is 20.9 Å². The summed E-state index contributed by atoms with van der Waals surface area (Å²) in [6.45, 7) is 0. The van der Waals surface area contributed by atoms with Crippen LogP contribution in [0.5, 0.6) is 5.75 Å². The Morgan fingerprint density at radius 2 is 1.77 bits per heavy atom. The van der Waals surface area contributed by atoms with Crippen LogP contribution in [0.2, 0.25) is 0 Å². The molecule has 2 aromatic carbocycles. The van der Waals surface area contributed by atoms with Gasteiger partial charge in [0.2, 0.25) is 5.76 Å². The topological polar surface area (TPSA) is 86.4 Å². The zero-order chi connectivity index (χ0) is 21.1. The van der Waals surface area contributed by atoms with Crippen molar-refractivity contribution in [2.75, 3.05) is 5.32 Å². The lowest BCUT2D eigenvalue weighted by molar-refractivity contribution is 0.0702. The number of carbonyl (C=O) groups excluding carboxylic acids is 2. The summed E-state index contributed by atoms with van der Waals surface area (Å²) in [6.07, 6.45) is 3.07. The van der Waals surface area contributed by atoms with Crippen LogP contribution in [0.25, 0.3) is 11.3 Å². The Kier molecular flexibility index (Phi) is 5.13. The number of amides is 1. The molecule has 0 atom stereocenters. The maximum Gasteiger partial charge on any atom is 0.379 e. The smallest absolute Gasteiger partial charge is 0.379 e. The van der Waals surface area contributed by atoms with Crippen LogP contribution in [0, 0.1) is 5.82 Å². The van der Waals surface area contributed by atoms with Gasteiger partial charge >= 0.3 is 5.97 Å². The zero-order valence-electron chi connectivity index (χ0n) is 15.8. The molecule has 0 aliphatic heterocycles. The maximum atomic E-state index is 13.0. The van der Waals surface area contributed by atoms with Gasteiger partial charge in [0.15, 0.2) is 0 Å². The van der Waals surface area contributed by atoms with E-state index in [0.29, 0.717) is 28.3 Å². The van der Waals surface area contributed by atoms with E-state index in [1.54, 1.807) is 55.7 Å². The molecule has 2 aromatic heterocycles. The molecule has 0 radical (unpaired) electrons. The van der Waals surface area contributed by atoms with Gasteiger partial charge in [0.25, 0.3) is 5.91 Å². The summed E-state index contributed by atoms with van der Waals surface area (Å²) in [7, 11) is 1.72. The number of aromatic nitrogens is 2. The highest BCUT2D eigenvalue weighted by Gasteiger charge is 2.15. The average Bonchev–Trinajstić information content (AvgIpc) is 3.40. The number of benzene rings is 2. The summed E-state index contributed by atoms with van der Waals surface area (Å²) in [5.74, 6) is -0.588. The normalized spacial score (nSPS) is 10.6. The molecule has 150 valence electrons. The highest BCUT2D eigenvalue weighted by molar-refractivity contribution is 6.04. The predicted octanol–water partition coefficient (Wildman–Crippen LogP) is 4.29. The second kappa shape index (κ2) is 8.04. The number of nitrogens with zero attached hydrogens (tertiary/aromatic N) is 2. The number of hydrogen-bond donors (Lipinski definition) is 1. The first-order valence-corrected chi connectivity index (χ1v) is 8.96. The van der Waals surface area contributed by atoms with Gasteiger partial charge in [0.1, 0.15) is 17.3 Å². The molecule has 30 heavy (non-hydrogen) atoms. The van der Waals surface area contributed by atoms with Crippen molar-refractivity contribution in [3.63, 3.8) is 0 Å². The molecule has 0 unspecified atom stereocenters. The predicted molar refractivity (Wildman–Crippen MR) is 107 cm³/mol. The van der Waals surface area contributed by atoms with Crippen molar-refractivity contribution < 1.29 is 23.1 Å². The van der Waals surface area contributed by atoms with Gasteiger partial charge in [-0.2, -0.15) is 5.10 Å². The van der Waals surface area contributed by atoms with Gasteiger partial charge in [-0.25, -0.2) is 9.18 Å². The van der Waals surface area contributed by atoms with E-state index in [4.69, 9.17) is 9.15 Å². The molecule has 0 fully saturated rings. The molecule has 0 saturated carbocycles. The standard InChI is InChI=1S/C22H16FN3O4/c1-26-13-15(12-24-26)21(27)25-17-6-8-18(9-7-17)29-22(28)20-11-10-19(30-20)14-2-4-16(23)5-3-14/h2-13H,1H3,(H,25,27). The number of aryl methyl sites for hydroxylation is 1. The molecule has 0 saturated heterocycles. The van der Waals surface area contributed by atoms with Gasteiger partial charge in [0, 0.05) is 24.5 Å². The molecule has 7 nitrogen and oxygen atoms in total. The number of nitrogens with one attached hydrogen (secondary N) is 1. The van der Waals surface area contributed by atoms with Crippen LogP contribution in [-0.4, -0.2) is 21.7 Å². The molecule has 8 heteroatoms. The van der Waals surface area contributed by atoms with Crippen LogP contribution in [0.15, 0.2) is 77.5 Å². The van der Waals surface area contributed by atoms with Crippen molar-refractivity contribution >= 4 is 17.6 Å². The van der Waals surface area contributed by atoms with E-state index in [1.165, 1.54) is 29.1 Å². The number of ether oxygens (including phenoxy) is 1. The van der Waals surface area contributed by atoms with Gasteiger partial charge in [-0.1, -0.05) is 0 Å². The molecule has 0 spiro atoms. The fourth-order valence-electron chi connectivity index (χ4n) is 2.72. The van der Waals surface area contributed by atoms with Crippen LogP contribution in [0.3, 0.4) is 0 Å². The summed E-state index contributed by atoms with van der Waals surface area (Å²) in [6, 6.07) is 15.2. The van der Waals surface area contributed by atoms with Gasteiger partial charge < -0.3 is 14.5 Å². The number of hydrogen-bond acceptors (Lipinski definition) is 5.